The van der Waals surface area contributed by atoms with Crippen LogP contribution in [0.5, 0.6) is 17.2 Å². The summed E-state index contributed by atoms with van der Waals surface area (Å²) in [5, 5.41) is 2.99. The molecule has 0 aromatic heterocycles. The monoisotopic (exact) mass is 518 g/mol. The SMILES string of the molecule is Cc1ccc(NC(=O)c2ccc(CN3C(=O)C4(COc5cc6c(cc54)OCO6)c4ccccc43)cc2)c(C)c1. The van der Waals surface area contributed by atoms with Crippen molar-refractivity contribution < 1.29 is 23.8 Å². The highest BCUT2D eigenvalue weighted by molar-refractivity contribution is 6.11. The number of ether oxygens (including phenoxy) is 3. The van der Waals surface area contributed by atoms with E-state index >= 15 is 0 Å². The van der Waals surface area contributed by atoms with Gasteiger partial charge in [0.2, 0.25) is 12.7 Å². The number of anilines is 2. The first-order valence-electron chi connectivity index (χ1n) is 12.9. The van der Waals surface area contributed by atoms with Gasteiger partial charge in [-0.1, -0.05) is 48.0 Å². The van der Waals surface area contributed by atoms with Gasteiger partial charge in [0, 0.05) is 28.6 Å². The van der Waals surface area contributed by atoms with Gasteiger partial charge in [-0.3, -0.25) is 9.59 Å². The van der Waals surface area contributed by atoms with Crippen LogP contribution in [-0.2, 0) is 16.8 Å². The van der Waals surface area contributed by atoms with Gasteiger partial charge in [-0.15, -0.1) is 0 Å². The lowest BCUT2D eigenvalue weighted by Gasteiger charge is -2.23. The van der Waals surface area contributed by atoms with Crippen molar-refractivity contribution in [1.29, 1.82) is 0 Å². The van der Waals surface area contributed by atoms with Crippen molar-refractivity contribution in [3.8, 4) is 17.2 Å². The number of nitrogens with one attached hydrogen (secondary N) is 1. The van der Waals surface area contributed by atoms with E-state index in [-0.39, 0.29) is 25.2 Å². The highest BCUT2D eigenvalue weighted by Crippen LogP contribution is 2.55. The van der Waals surface area contributed by atoms with E-state index in [1.54, 1.807) is 12.1 Å². The van der Waals surface area contributed by atoms with E-state index in [9.17, 15) is 9.59 Å². The zero-order chi connectivity index (χ0) is 26.7. The van der Waals surface area contributed by atoms with Crippen LogP contribution in [0.2, 0.25) is 0 Å². The third-order valence-electron chi connectivity index (χ3n) is 7.83. The van der Waals surface area contributed by atoms with Crippen LogP contribution in [0.25, 0.3) is 0 Å². The van der Waals surface area contributed by atoms with Crippen molar-refractivity contribution in [2.75, 3.05) is 23.6 Å². The minimum Gasteiger partial charge on any atom is -0.491 e. The fourth-order valence-electron chi connectivity index (χ4n) is 5.81. The molecule has 1 unspecified atom stereocenters. The highest BCUT2D eigenvalue weighted by Gasteiger charge is 2.57. The van der Waals surface area contributed by atoms with E-state index in [1.807, 2.05) is 85.5 Å². The van der Waals surface area contributed by atoms with E-state index in [1.165, 1.54) is 0 Å². The normalized spacial score (nSPS) is 18.2. The van der Waals surface area contributed by atoms with E-state index in [0.717, 1.165) is 39.2 Å². The van der Waals surface area contributed by atoms with Crippen LogP contribution in [0.3, 0.4) is 0 Å². The van der Waals surface area contributed by atoms with E-state index in [4.69, 9.17) is 14.2 Å². The van der Waals surface area contributed by atoms with Crippen molar-refractivity contribution in [1.82, 2.24) is 0 Å². The molecule has 3 aliphatic heterocycles. The zero-order valence-corrected chi connectivity index (χ0v) is 21.6. The lowest BCUT2D eigenvalue weighted by molar-refractivity contribution is -0.122. The summed E-state index contributed by atoms with van der Waals surface area (Å²) in [5.41, 5.74) is 6.05. The number of hydrogen-bond donors (Lipinski definition) is 1. The molecular formula is C32H26N2O5. The smallest absolute Gasteiger partial charge is 0.255 e. The summed E-state index contributed by atoms with van der Waals surface area (Å²) in [6.07, 6.45) is 0. The molecule has 0 radical (unpaired) electrons. The molecule has 3 aliphatic rings. The van der Waals surface area contributed by atoms with Gasteiger partial charge in [-0.25, -0.2) is 0 Å². The molecule has 0 bridgehead atoms. The third-order valence-corrected chi connectivity index (χ3v) is 7.83. The second kappa shape index (κ2) is 8.63. The Labute approximate surface area is 225 Å². The first kappa shape index (κ1) is 23.3. The number of hydrogen-bond acceptors (Lipinski definition) is 5. The third kappa shape index (κ3) is 3.57. The summed E-state index contributed by atoms with van der Waals surface area (Å²) >= 11 is 0. The first-order valence-corrected chi connectivity index (χ1v) is 12.9. The number of aryl methyl sites for hydroxylation is 2. The number of fused-ring (bicyclic) bond motifs is 5. The topological polar surface area (TPSA) is 77.1 Å². The highest BCUT2D eigenvalue weighted by atomic mass is 16.7. The zero-order valence-electron chi connectivity index (χ0n) is 21.6. The van der Waals surface area contributed by atoms with Crippen molar-refractivity contribution in [2.24, 2.45) is 0 Å². The molecule has 7 rings (SSSR count). The van der Waals surface area contributed by atoms with Gasteiger partial charge in [0.15, 0.2) is 11.5 Å². The lowest BCUT2D eigenvalue weighted by atomic mass is 9.77. The molecule has 4 aromatic carbocycles. The van der Waals surface area contributed by atoms with Crippen LogP contribution in [0.1, 0.15) is 38.2 Å². The number of carbonyl (C=O) groups is 2. The average molecular weight is 519 g/mol. The Morgan fingerprint density at radius 1 is 0.872 bits per heavy atom. The van der Waals surface area contributed by atoms with E-state index in [2.05, 4.69) is 5.32 Å². The summed E-state index contributed by atoms with van der Waals surface area (Å²) in [4.78, 5) is 28.9. The predicted molar refractivity (Wildman–Crippen MR) is 147 cm³/mol. The number of amides is 2. The lowest BCUT2D eigenvalue weighted by Crippen LogP contribution is -2.42. The predicted octanol–water partition coefficient (Wildman–Crippen LogP) is 5.51. The van der Waals surface area contributed by atoms with Gasteiger partial charge in [-0.2, -0.15) is 0 Å². The molecular weight excluding hydrogens is 492 g/mol. The molecule has 194 valence electrons. The number of para-hydroxylation sites is 1. The van der Waals surface area contributed by atoms with Gasteiger partial charge in [0.05, 0.1) is 6.54 Å². The number of nitrogens with zero attached hydrogens (tertiary/aromatic N) is 1. The molecule has 2 amide bonds. The molecule has 1 spiro atoms. The minimum absolute atomic E-state index is 0.0435. The molecule has 0 aliphatic carbocycles. The fourth-order valence-corrected chi connectivity index (χ4v) is 5.81. The van der Waals surface area contributed by atoms with Crippen LogP contribution < -0.4 is 24.4 Å². The summed E-state index contributed by atoms with van der Waals surface area (Å²) in [5.74, 6) is 1.68. The Hall–Kier alpha value is -4.78. The number of carbonyl (C=O) groups excluding carboxylic acids is 2. The van der Waals surface area contributed by atoms with Crippen LogP contribution in [0.15, 0.2) is 78.9 Å². The van der Waals surface area contributed by atoms with Crippen LogP contribution >= 0.6 is 0 Å². The number of rotatable bonds is 4. The molecule has 0 saturated carbocycles. The summed E-state index contributed by atoms with van der Waals surface area (Å²) in [6, 6.07) is 24.9. The molecule has 4 aromatic rings. The Kier molecular flexibility index (Phi) is 5.17. The Balaban J connectivity index is 1.16. The molecule has 1 N–H and O–H groups in total. The molecule has 7 heteroatoms. The van der Waals surface area contributed by atoms with Gasteiger partial charge in [0.1, 0.15) is 17.8 Å². The van der Waals surface area contributed by atoms with Gasteiger partial charge < -0.3 is 24.4 Å². The molecule has 3 heterocycles. The fraction of sp³-hybridized carbons (Fsp3) is 0.188. The maximum Gasteiger partial charge on any atom is 0.255 e. The molecule has 39 heavy (non-hydrogen) atoms. The molecule has 7 nitrogen and oxygen atoms in total. The van der Waals surface area contributed by atoms with Gasteiger partial charge in [-0.05, 0) is 60.9 Å². The maximum absolute atomic E-state index is 14.2. The number of benzene rings is 4. The van der Waals surface area contributed by atoms with E-state index in [0.29, 0.717) is 29.4 Å². The average Bonchev–Trinajstić information content (AvgIpc) is 3.62. The largest absolute Gasteiger partial charge is 0.491 e. The minimum atomic E-state index is -0.946. The molecule has 1 atom stereocenters. The standard InChI is InChI=1S/C32H26N2O5/c1-19-7-12-25(20(2)13-19)33-30(35)22-10-8-21(9-11-22)16-34-26-6-4-3-5-23(26)32(31(34)36)17-37-27-15-29-28(14-24(27)32)38-18-39-29/h3-15H,16-18H2,1-2H3,(H,33,35). The summed E-state index contributed by atoms with van der Waals surface area (Å²) < 4.78 is 17.2. The first-order chi connectivity index (χ1) is 18.9. The van der Waals surface area contributed by atoms with Crippen molar-refractivity contribution in [2.45, 2.75) is 25.8 Å². The second-order valence-electron chi connectivity index (χ2n) is 10.3. The van der Waals surface area contributed by atoms with Crippen molar-refractivity contribution in [3.63, 3.8) is 0 Å². The Morgan fingerprint density at radius 2 is 1.64 bits per heavy atom. The molecule has 0 saturated heterocycles. The van der Waals surface area contributed by atoms with Crippen molar-refractivity contribution >= 4 is 23.2 Å². The van der Waals surface area contributed by atoms with Gasteiger partial charge >= 0.3 is 0 Å². The van der Waals surface area contributed by atoms with Crippen LogP contribution in [0, 0.1) is 13.8 Å². The Morgan fingerprint density at radius 3 is 2.44 bits per heavy atom. The Bertz CT molecular complexity index is 1660. The van der Waals surface area contributed by atoms with Gasteiger partial charge in [0.25, 0.3) is 5.91 Å². The van der Waals surface area contributed by atoms with E-state index < -0.39 is 5.41 Å². The summed E-state index contributed by atoms with van der Waals surface area (Å²) in [7, 11) is 0. The second-order valence-corrected chi connectivity index (χ2v) is 10.3. The maximum atomic E-state index is 14.2. The summed E-state index contributed by atoms with van der Waals surface area (Å²) in [6.45, 7) is 4.74. The quantitative estimate of drug-likeness (QED) is 0.386. The van der Waals surface area contributed by atoms with Crippen LogP contribution in [0.4, 0.5) is 11.4 Å². The van der Waals surface area contributed by atoms with Crippen molar-refractivity contribution in [3.05, 3.63) is 112 Å². The van der Waals surface area contributed by atoms with Crippen LogP contribution in [-0.4, -0.2) is 25.2 Å². The molecule has 0 fully saturated rings.